The molecule has 1 N–H and O–H groups in total. The second-order valence-corrected chi connectivity index (χ2v) is 2.38. The number of aromatic nitrogens is 2. The van der Waals surface area contributed by atoms with E-state index in [4.69, 9.17) is 0 Å². The molecular formula is C9H19N3. The first kappa shape index (κ1) is 11.2. The summed E-state index contributed by atoms with van der Waals surface area (Å²) in [6.07, 6.45) is 4.87. The lowest BCUT2D eigenvalue weighted by atomic mass is 10.3. The van der Waals surface area contributed by atoms with E-state index < -0.39 is 0 Å². The van der Waals surface area contributed by atoms with Crippen LogP contribution < -0.4 is 5.32 Å². The van der Waals surface area contributed by atoms with E-state index in [0.717, 1.165) is 18.7 Å². The number of aryl methyl sites for hydroxylation is 1. The molecule has 3 heteroatoms. The number of imidazole rings is 1. The lowest BCUT2D eigenvalue weighted by Crippen LogP contribution is -2.10. The molecule has 1 heterocycles. The highest BCUT2D eigenvalue weighted by Crippen LogP contribution is 1.93. The molecule has 0 aliphatic carbocycles. The number of hydrogen-bond acceptors (Lipinski definition) is 2. The highest BCUT2D eigenvalue weighted by atomic mass is 15.0. The van der Waals surface area contributed by atoms with Gasteiger partial charge in [0.25, 0.3) is 0 Å². The molecule has 12 heavy (non-hydrogen) atoms. The smallest absolute Gasteiger partial charge is 0.0946 e. The Morgan fingerprint density at radius 1 is 1.50 bits per heavy atom. The fourth-order valence-corrected chi connectivity index (χ4v) is 0.849. The van der Waals surface area contributed by atoms with Gasteiger partial charge in [-0.1, -0.05) is 13.8 Å². The molecule has 0 fully saturated rings. The van der Waals surface area contributed by atoms with Gasteiger partial charge < -0.3 is 9.88 Å². The maximum Gasteiger partial charge on any atom is 0.0946 e. The molecule has 1 rings (SSSR count). The largest absolute Gasteiger partial charge is 0.340 e. The minimum absolute atomic E-state index is 0.997. The molecule has 1 aromatic rings. The van der Waals surface area contributed by atoms with Crippen molar-refractivity contribution in [3.8, 4) is 0 Å². The normalized spacial score (nSPS) is 9.00. The first-order chi connectivity index (χ1) is 5.83. The number of nitrogens with zero attached hydrogens (tertiary/aromatic N) is 2. The zero-order valence-corrected chi connectivity index (χ0v) is 8.46. The van der Waals surface area contributed by atoms with Crippen molar-refractivity contribution in [1.29, 1.82) is 0 Å². The summed E-state index contributed by atoms with van der Waals surface area (Å²) in [5, 5.41) is 3.08. The zero-order valence-electron chi connectivity index (χ0n) is 8.46. The van der Waals surface area contributed by atoms with Crippen molar-refractivity contribution >= 4 is 0 Å². The van der Waals surface area contributed by atoms with Gasteiger partial charge in [0.2, 0.25) is 0 Å². The van der Waals surface area contributed by atoms with Gasteiger partial charge in [0.1, 0.15) is 0 Å². The van der Waals surface area contributed by atoms with Gasteiger partial charge in [-0.15, -0.1) is 0 Å². The van der Waals surface area contributed by atoms with Crippen molar-refractivity contribution < 1.29 is 0 Å². The predicted molar refractivity (Wildman–Crippen MR) is 52.2 cm³/mol. The summed E-state index contributed by atoms with van der Waals surface area (Å²) < 4.78 is 1.96. The van der Waals surface area contributed by atoms with Crippen molar-refractivity contribution in [3.05, 3.63) is 18.2 Å². The van der Waals surface area contributed by atoms with Crippen molar-refractivity contribution in [2.45, 2.75) is 20.3 Å². The lowest BCUT2D eigenvalue weighted by Gasteiger charge is -1.92. The molecular weight excluding hydrogens is 150 g/mol. The highest BCUT2D eigenvalue weighted by Gasteiger charge is 1.93. The topological polar surface area (TPSA) is 29.9 Å². The van der Waals surface area contributed by atoms with Crippen LogP contribution in [-0.2, 0) is 13.5 Å². The Labute approximate surface area is 74.8 Å². The average Bonchev–Trinajstić information content (AvgIpc) is 2.51. The summed E-state index contributed by atoms with van der Waals surface area (Å²) in [6, 6.07) is 0. The predicted octanol–water partition coefficient (Wildman–Crippen LogP) is 1.21. The third kappa shape index (κ3) is 4.13. The Balaban J connectivity index is 0.000000561. The molecule has 0 bridgehead atoms. The van der Waals surface area contributed by atoms with E-state index in [-0.39, 0.29) is 0 Å². The molecule has 0 aromatic carbocycles. The van der Waals surface area contributed by atoms with Crippen LogP contribution in [0.3, 0.4) is 0 Å². The van der Waals surface area contributed by atoms with Crippen molar-refractivity contribution in [1.82, 2.24) is 14.9 Å². The van der Waals surface area contributed by atoms with Crippen LogP contribution in [0.25, 0.3) is 0 Å². The fourth-order valence-electron chi connectivity index (χ4n) is 0.849. The van der Waals surface area contributed by atoms with Gasteiger partial charge in [-0.05, 0) is 7.05 Å². The van der Waals surface area contributed by atoms with E-state index in [0.29, 0.717) is 0 Å². The van der Waals surface area contributed by atoms with E-state index in [1.165, 1.54) is 0 Å². The molecule has 0 radical (unpaired) electrons. The molecule has 3 nitrogen and oxygen atoms in total. The van der Waals surface area contributed by atoms with Gasteiger partial charge in [-0.2, -0.15) is 0 Å². The van der Waals surface area contributed by atoms with Crippen LogP contribution in [0.4, 0.5) is 0 Å². The average molecular weight is 169 g/mol. The first-order valence-electron chi connectivity index (χ1n) is 4.44. The van der Waals surface area contributed by atoms with Crippen LogP contribution in [-0.4, -0.2) is 23.1 Å². The van der Waals surface area contributed by atoms with Crippen LogP contribution in [0.1, 0.15) is 19.5 Å². The quantitative estimate of drug-likeness (QED) is 0.737. The fraction of sp³-hybridized carbons (Fsp3) is 0.667. The van der Waals surface area contributed by atoms with E-state index in [2.05, 4.69) is 10.3 Å². The molecule has 0 saturated carbocycles. The van der Waals surface area contributed by atoms with Crippen LogP contribution in [0, 0.1) is 0 Å². The summed E-state index contributed by atoms with van der Waals surface area (Å²) >= 11 is 0. The monoisotopic (exact) mass is 169 g/mol. The highest BCUT2D eigenvalue weighted by molar-refractivity contribution is 4.96. The van der Waals surface area contributed by atoms with E-state index >= 15 is 0 Å². The number of likely N-dealkylation sites (N-methyl/N-ethyl adjacent to an activating group) is 1. The van der Waals surface area contributed by atoms with Crippen molar-refractivity contribution in [2.24, 2.45) is 7.05 Å². The SMILES string of the molecule is CC.CNCCc1cn(C)cn1. The van der Waals surface area contributed by atoms with Gasteiger partial charge in [0.15, 0.2) is 0 Å². The van der Waals surface area contributed by atoms with Crippen LogP contribution >= 0.6 is 0 Å². The van der Waals surface area contributed by atoms with E-state index in [9.17, 15) is 0 Å². The van der Waals surface area contributed by atoms with Crippen LogP contribution in [0.15, 0.2) is 12.5 Å². The minimum atomic E-state index is 0.997. The maximum atomic E-state index is 4.18. The van der Waals surface area contributed by atoms with Crippen molar-refractivity contribution in [3.63, 3.8) is 0 Å². The Bertz CT molecular complexity index is 193. The molecule has 0 aliphatic rings. The van der Waals surface area contributed by atoms with Gasteiger partial charge in [0.05, 0.1) is 12.0 Å². The lowest BCUT2D eigenvalue weighted by molar-refractivity contribution is 0.779. The second-order valence-electron chi connectivity index (χ2n) is 2.38. The summed E-state index contributed by atoms with van der Waals surface area (Å²) in [4.78, 5) is 4.18. The number of hydrogen-bond donors (Lipinski definition) is 1. The van der Waals surface area contributed by atoms with Gasteiger partial charge in [-0.25, -0.2) is 4.98 Å². The Morgan fingerprint density at radius 3 is 2.58 bits per heavy atom. The molecule has 0 saturated heterocycles. The molecule has 0 spiro atoms. The van der Waals surface area contributed by atoms with Gasteiger partial charge in [-0.3, -0.25) is 0 Å². The molecule has 1 aromatic heterocycles. The van der Waals surface area contributed by atoms with Gasteiger partial charge >= 0.3 is 0 Å². The standard InChI is InChI=1S/C7H13N3.C2H6/c1-8-4-3-7-5-10(2)6-9-7;1-2/h5-6,8H,3-4H2,1-2H3;1-2H3. The van der Waals surface area contributed by atoms with Crippen LogP contribution in [0.5, 0.6) is 0 Å². The zero-order chi connectivity index (χ0) is 9.40. The van der Waals surface area contributed by atoms with Crippen molar-refractivity contribution in [2.75, 3.05) is 13.6 Å². The maximum absolute atomic E-state index is 4.18. The Morgan fingerprint density at radius 2 is 2.17 bits per heavy atom. The van der Waals surface area contributed by atoms with Gasteiger partial charge in [0, 0.05) is 26.2 Å². The summed E-state index contributed by atoms with van der Waals surface area (Å²) in [7, 11) is 3.93. The number of nitrogens with one attached hydrogen (secondary N) is 1. The number of rotatable bonds is 3. The van der Waals surface area contributed by atoms with E-state index in [1.54, 1.807) is 0 Å². The molecule has 0 amide bonds. The second kappa shape index (κ2) is 6.85. The molecule has 70 valence electrons. The third-order valence-corrected chi connectivity index (χ3v) is 1.39. The summed E-state index contributed by atoms with van der Waals surface area (Å²) in [5.74, 6) is 0. The molecule has 0 unspecified atom stereocenters. The minimum Gasteiger partial charge on any atom is -0.340 e. The summed E-state index contributed by atoms with van der Waals surface area (Å²) in [5.41, 5.74) is 1.15. The van der Waals surface area contributed by atoms with Crippen LogP contribution in [0.2, 0.25) is 0 Å². The summed E-state index contributed by atoms with van der Waals surface area (Å²) in [6.45, 7) is 5.00. The third-order valence-electron chi connectivity index (χ3n) is 1.39. The molecule has 0 atom stereocenters. The molecule has 0 aliphatic heterocycles. The first-order valence-corrected chi connectivity index (χ1v) is 4.44. The van der Waals surface area contributed by atoms with E-state index in [1.807, 2.05) is 45.0 Å². The Hall–Kier alpha value is -0.830. The Kier molecular flexibility index (Phi) is 6.38.